The van der Waals surface area contributed by atoms with E-state index >= 15 is 0 Å². The maximum Gasteiger partial charge on any atom is 0.222 e. The maximum absolute atomic E-state index is 6.21. The van der Waals surface area contributed by atoms with Crippen LogP contribution in [0.3, 0.4) is 0 Å². The number of nitrogens with two attached hydrogens (primary N) is 2. The highest BCUT2D eigenvalue weighted by atomic mass is 35.5. The van der Waals surface area contributed by atoms with Gasteiger partial charge in [0.25, 0.3) is 0 Å². The molecular weight excluding hydrogens is 334 g/mol. The van der Waals surface area contributed by atoms with Gasteiger partial charge in [-0.15, -0.1) is 0 Å². The van der Waals surface area contributed by atoms with Gasteiger partial charge in [-0.3, -0.25) is 0 Å². The smallest absolute Gasteiger partial charge is 0.222 e. The van der Waals surface area contributed by atoms with Crippen molar-refractivity contribution in [3.8, 4) is 11.3 Å². The van der Waals surface area contributed by atoms with Crippen molar-refractivity contribution in [3.05, 3.63) is 64.7 Å². The van der Waals surface area contributed by atoms with Crippen molar-refractivity contribution in [1.82, 2.24) is 9.97 Å². The molecule has 0 radical (unpaired) electrons. The third-order valence-electron chi connectivity index (χ3n) is 3.96. The number of nitrogens with one attached hydrogen (secondary N) is 1. The molecule has 0 aliphatic rings. The van der Waals surface area contributed by atoms with E-state index in [9.17, 15) is 0 Å². The summed E-state index contributed by atoms with van der Waals surface area (Å²) in [6.45, 7) is 2.68. The lowest BCUT2D eigenvalue weighted by Crippen LogP contribution is -2.09. The summed E-state index contributed by atoms with van der Waals surface area (Å²) in [6.07, 6.45) is 0.834. The number of halogens is 1. The molecule has 0 amide bonds. The predicted octanol–water partition coefficient (Wildman–Crippen LogP) is 3.92. The fourth-order valence-electron chi connectivity index (χ4n) is 2.66. The zero-order valence-electron chi connectivity index (χ0n) is 14.0. The molecule has 5 nitrogen and oxygen atoms in total. The lowest BCUT2D eigenvalue weighted by molar-refractivity contribution is 1.00. The van der Waals surface area contributed by atoms with Crippen LogP contribution in [-0.4, -0.2) is 16.5 Å². The molecule has 0 atom stereocenters. The van der Waals surface area contributed by atoms with E-state index in [-0.39, 0.29) is 5.95 Å². The predicted molar refractivity (Wildman–Crippen MR) is 105 cm³/mol. The Morgan fingerprint density at radius 2 is 1.84 bits per heavy atom. The van der Waals surface area contributed by atoms with Gasteiger partial charge in [0, 0.05) is 28.9 Å². The van der Waals surface area contributed by atoms with E-state index in [2.05, 4.69) is 15.3 Å². The monoisotopic (exact) mass is 353 g/mol. The third-order valence-corrected chi connectivity index (χ3v) is 4.37. The van der Waals surface area contributed by atoms with E-state index < -0.39 is 0 Å². The van der Waals surface area contributed by atoms with Crippen molar-refractivity contribution in [1.29, 1.82) is 0 Å². The molecule has 3 rings (SSSR count). The lowest BCUT2D eigenvalue weighted by atomic mass is 10.1. The third kappa shape index (κ3) is 4.19. The molecular formula is C19H20ClN5. The first kappa shape index (κ1) is 17.0. The molecule has 0 saturated carbocycles. The molecule has 128 valence electrons. The summed E-state index contributed by atoms with van der Waals surface area (Å²) in [5.74, 6) is 0.911. The van der Waals surface area contributed by atoms with Crippen LogP contribution in [-0.2, 0) is 6.42 Å². The van der Waals surface area contributed by atoms with Gasteiger partial charge in [0.1, 0.15) is 5.82 Å². The maximum atomic E-state index is 6.21. The molecule has 0 bridgehead atoms. The summed E-state index contributed by atoms with van der Waals surface area (Å²) in [5.41, 5.74) is 16.3. The SMILES string of the molecule is Cc1c(Cl)cccc1-c1cc(NCCc2cccc(N)c2)nc(N)n1. The van der Waals surface area contributed by atoms with Crippen LogP contribution < -0.4 is 16.8 Å². The largest absolute Gasteiger partial charge is 0.399 e. The molecule has 2 aromatic carbocycles. The second-order valence-corrected chi connectivity index (χ2v) is 6.24. The van der Waals surface area contributed by atoms with Crippen molar-refractivity contribution in [2.24, 2.45) is 0 Å². The molecule has 0 aliphatic heterocycles. The number of aromatic nitrogens is 2. The standard InChI is InChI=1S/C19H20ClN5/c1-12-15(6-3-7-16(12)20)17-11-18(25-19(22)24-17)23-9-8-13-4-2-5-14(21)10-13/h2-7,10-11H,8-9,21H2,1H3,(H3,22,23,24,25). The van der Waals surface area contributed by atoms with Crippen molar-refractivity contribution in [2.45, 2.75) is 13.3 Å². The Morgan fingerprint density at radius 1 is 1.04 bits per heavy atom. The second kappa shape index (κ2) is 7.40. The first-order valence-corrected chi connectivity index (χ1v) is 8.39. The Kier molecular flexibility index (Phi) is 5.05. The topological polar surface area (TPSA) is 89.8 Å². The Balaban J connectivity index is 1.76. The highest BCUT2D eigenvalue weighted by molar-refractivity contribution is 6.31. The minimum Gasteiger partial charge on any atom is -0.399 e. The van der Waals surface area contributed by atoms with E-state index in [1.165, 1.54) is 5.56 Å². The minimum absolute atomic E-state index is 0.225. The van der Waals surface area contributed by atoms with Gasteiger partial charge in [-0.1, -0.05) is 35.9 Å². The summed E-state index contributed by atoms with van der Waals surface area (Å²) < 4.78 is 0. The van der Waals surface area contributed by atoms with Crippen LogP contribution in [0.15, 0.2) is 48.5 Å². The van der Waals surface area contributed by atoms with Gasteiger partial charge in [-0.25, -0.2) is 4.98 Å². The Bertz CT molecular complexity index is 895. The Hall–Kier alpha value is -2.79. The van der Waals surface area contributed by atoms with E-state index in [1.807, 2.05) is 55.5 Å². The quantitative estimate of drug-likeness (QED) is 0.605. The summed E-state index contributed by atoms with van der Waals surface area (Å²) in [5, 5.41) is 3.99. The minimum atomic E-state index is 0.225. The highest BCUT2D eigenvalue weighted by Gasteiger charge is 2.09. The van der Waals surface area contributed by atoms with Gasteiger partial charge in [0.2, 0.25) is 5.95 Å². The molecule has 0 unspecified atom stereocenters. The van der Waals surface area contributed by atoms with Crippen LogP contribution in [0.2, 0.25) is 5.02 Å². The summed E-state index contributed by atoms with van der Waals surface area (Å²) in [6, 6.07) is 15.5. The molecule has 0 saturated heterocycles. The summed E-state index contributed by atoms with van der Waals surface area (Å²) in [4.78, 5) is 8.59. The average molecular weight is 354 g/mol. The van der Waals surface area contributed by atoms with E-state index in [0.29, 0.717) is 17.4 Å². The molecule has 3 aromatic rings. The van der Waals surface area contributed by atoms with Crippen LogP contribution in [0, 0.1) is 6.92 Å². The molecule has 0 aliphatic carbocycles. The first-order valence-electron chi connectivity index (χ1n) is 8.01. The number of nitrogen functional groups attached to an aromatic ring is 2. The summed E-state index contributed by atoms with van der Waals surface area (Å²) >= 11 is 6.21. The van der Waals surface area contributed by atoms with Gasteiger partial charge in [-0.2, -0.15) is 4.98 Å². The second-order valence-electron chi connectivity index (χ2n) is 5.83. The lowest BCUT2D eigenvalue weighted by Gasteiger charge is -2.11. The van der Waals surface area contributed by atoms with Gasteiger partial charge >= 0.3 is 0 Å². The fourth-order valence-corrected chi connectivity index (χ4v) is 2.84. The zero-order chi connectivity index (χ0) is 17.8. The normalized spacial score (nSPS) is 10.6. The van der Waals surface area contributed by atoms with Gasteiger partial charge in [-0.05, 0) is 42.7 Å². The molecule has 25 heavy (non-hydrogen) atoms. The zero-order valence-corrected chi connectivity index (χ0v) is 14.7. The fraction of sp³-hybridized carbons (Fsp3) is 0.158. The van der Waals surface area contributed by atoms with Crippen LogP contribution in [0.4, 0.5) is 17.5 Å². The molecule has 1 aromatic heterocycles. The molecule has 6 heteroatoms. The number of nitrogens with zero attached hydrogens (tertiary/aromatic N) is 2. The van der Waals surface area contributed by atoms with Gasteiger partial charge in [0.05, 0.1) is 5.69 Å². The van der Waals surface area contributed by atoms with Crippen molar-refractivity contribution >= 4 is 29.1 Å². The summed E-state index contributed by atoms with van der Waals surface area (Å²) in [7, 11) is 0. The van der Waals surface area contributed by atoms with Crippen LogP contribution >= 0.6 is 11.6 Å². The van der Waals surface area contributed by atoms with Crippen LogP contribution in [0.5, 0.6) is 0 Å². The van der Waals surface area contributed by atoms with Crippen LogP contribution in [0.25, 0.3) is 11.3 Å². The molecule has 0 spiro atoms. The highest BCUT2D eigenvalue weighted by Crippen LogP contribution is 2.28. The molecule has 1 heterocycles. The molecule has 0 fully saturated rings. The first-order chi connectivity index (χ1) is 12.0. The Morgan fingerprint density at radius 3 is 2.64 bits per heavy atom. The number of benzene rings is 2. The van der Waals surface area contributed by atoms with Crippen molar-refractivity contribution in [2.75, 3.05) is 23.3 Å². The van der Waals surface area contributed by atoms with E-state index in [0.717, 1.165) is 28.9 Å². The van der Waals surface area contributed by atoms with Gasteiger partial charge < -0.3 is 16.8 Å². The van der Waals surface area contributed by atoms with Gasteiger partial charge in [0.15, 0.2) is 0 Å². The van der Waals surface area contributed by atoms with Crippen LogP contribution in [0.1, 0.15) is 11.1 Å². The number of anilines is 3. The Labute approximate surface area is 152 Å². The number of hydrogen-bond acceptors (Lipinski definition) is 5. The average Bonchev–Trinajstić information content (AvgIpc) is 2.57. The number of hydrogen-bond donors (Lipinski definition) is 3. The van der Waals surface area contributed by atoms with Crippen molar-refractivity contribution < 1.29 is 0 Å². The number of rotatable bonds is 5. The molecule has 5 N–H and O–H groups in total. The van der Waals surface area contributed by atoms with E-state index in [4.69, 9.17) is 23.1 Å². The van der Waals surface area contributed by atoms with Crippen molar-refractivity contribution in [3.63, 3.8) is 0 Å². The van der Waals surface area contributed by atoms with E-state index in [1.54, 1.807) is 0 Å².